The van der Waals surface area contributed by atoms with Crippen LogP contribution in [0.1, 0.15) is 26.3 Å². The van der Waals surface area contributed by atoms with E-state index in [1.54, 1.807) is 27.2 Å². The van der Waals surface area contributed by atoms with Crippen LogP contribution in [0.25, 0.3) is 0 Å². The summed E-state index contributed by atoms with van der Waals surface area (Å²) in [7, 11) is -0.568. The van der Waals surface area contributed by atoms with Crippen LogP contribution in [-0.4, -0.2) is 47.2 Å². The number of rotatable bonds is 11. The summed E-state index contributed by atoms with van der Waals surface area (Å²) in [5, 5.41) is 2.76. The monoisotopic (exact) mass is 450 g/mol. The Morgan fingerprint density at radius 3 is 2.19 bits per heavy atom. The third-order valence-corrected chi connectivity index (χ3v) is 5.88. The molecule has 1 atom stereocenters. The summed E-state index contributed by atoms with van der Waals surface area (Å²) in [5.41, 5.74) is 0.915. The SMILES string of the molecule is COc1ccc(CCNS(=O)(=O)c2ccc(O[C@H](C)C(=O)NC(C)C)cc2)cc1OC. The van der Waals surface area contributed by atoms with Gasteiger partial charge in [0.1, 0.15) is 5.75 Å². The lowest BCUT2D eigenvalue weighted by molar-refractivity contribution is -0.127. The zero-order chi connectivity index (χ0) is 23.0. The molecule has 0 fully saturated rings. The Labute approximate surface area is 184 Å². The Morgan fingerprint density at radius 2 is 1.61 bits per heavy atom. The third kappa shape index (κ3) is 7.15. The molecular weight excluding hydrogens is 420 g/mol. The Balaban J connectivity index is 1.94. The maximum atomic E-state index is 12.5. The molecule has 9 heteroatoms. The first-order chi connectivity index (χ1) is 14.7. The molecule has 1 amide bonds. The van der Waals surface area contributed by atoms with Crippen LogP contribution in [0, 0.1) is 0 Å². The number of carbonyl (C=O) groups excluding carboxylic acids is 1. The van der Waals surface area contributed by atoms with Crippen LogP contribution in [0.4, 0.5) is 0 Å². The van der Waals surface area contributed by atoms with Gasteiger partial charge in [-0.05, 0) is 69.2 Å². The second-order valence-electron chi connectivity index (χ2n) is 7.23. The molecule has 0 spiro atoms. The second kappa shape index (κ2) is 11.0. The molecule has 0 bridgehead atoms. The van der Waals surface area contributed by atoms with E-state index in [-0.39, 0.29) is 23.4 Å². The van der Waals surface area contributed by atoms with E-state index in [9.17, 15) is 13.2 Å². The van der Waals surface area contributed by atoms with Gasteiger partial charge in [0.25, 0.3) is 5.91 Å². The smallest absolute Gasteiger partial charge is 0.260 e. The van der Waals surface area contributed by atoms with Gasteiger partial charge in [-0.1, -0.05) is 6.07 Å². The average Bonchev–Trinajstić information content (AvgIpc) is 2.73. The van der Waals surface area contributed by atoms with Crippen molar-refractivity contribution in [3.05, 3.63) is 48.0 Å². The van der Waals surface area contributed by atoms with E-state index in [0.717, 1.165) is 5.56 Å². The molecule has 2 N–H and O–H groups in total. The molecule has 8 nitrogen and oxygen atoms in total. The highest BCUT2D eigenvalue weighted by Crippen LogP contribution is 2.27. The molecular formula is C22H30N2O6S. The fourth-order valence-electron chi connectivity index (χ4n) is 2.81. The Kier molecular flexibility index (Phi) is 8.70. The molecule has 31 heavy (non-hydrogen) atoms. The van der Waals surface area contributed by atoms with Crippen molar-refractivity contribution in [2.45, 2.75) is 44.2 Å². The first-order valence-electron chi connectivity index (χ1n) is 9.94. The highest BCUT2D eigenvalue weighted by atomic mass is 32.2. The van der Waals surface area contributed by atoms with Gasteiger partial charge in [-0.25, -0.2) is 13.1 Å². The zero-order valence-corrected chi connectivity index (χ0v) is 19.3. The van der Waals surface area contributed by atoms with E-state index >= 15 is 0 Å². The molecule has 0 aliphatic carbocycles. The predicted octanol–water partition coefficient (Wildman–Crippen LogP) is 2.52. The van der Waals surface area contributed by atoms with Crippen LogP contribution in [0.15, 0.2) is 47.4 Å². The van der Waals surface area contributed by atoms with Crippen molar-refractivity contribution >= 4 is 15.9 Å². The molecule has 0 aliphatic rings. The minimum absolute atomic E-state index is 0.0103. The van der Waals surface area contributed by atoms with Crippen molar-refractivity contribution in [1.82, 2.24) is 10.0 Å². The number of methoxy groups -OCH3 is 2. The number of sulfonamides is 1. The molecule has 2 aromatic carbocycles. The van der Waals surface area contributed by atoms with Crippen LogP contribution in [0.5, 0.6) is 17.2 Å². The summed E-state index contributed by atoms with van der Waals surface area (Å²) < 4.78 is 43.7. The summed E-state index contributed by atoms with van der Waals surface area (Å²) in [4.78, 5) is 12.1. The standard InChI is InChI=1S/C22H30N2O6S/c1-15(2)24-22(25)16(3)30-18-7-9-19(10-8-18)31(26,27)23-13-12-17-6-11-20(28-4)21(14-17)29-5/h6-11,14-16,23H,12-13H2,1-5H3,(H,24,25)/t16-/m1/s1. The summed E-state index contributed by atoms with van der Waals surface area (Å²) in [6, 6.07) is 11.4. The zero-order valence-electron chi connectivity index (χ0n) is 18.5. The van der Waals surface area contributed by atoms with Gasteiger partial charge in [-0.15, -0.1) is 0 Å². The fourth-order valence-corrected chi connectivity index (χ4v) is 3.84. The van der Waals surface area contributed by atoms with Gasteiger partial charge < -0.3 is 19.5 Å². The maximum absolute atomic E-state index is 12.5. The highest BCUT2D eigenvalue weighted by molar-refractivity contribution is 7.89. The molecule has 2 aromatic rings. The molecule has 0 aromatic heterocycles. The maximum Gasteiger partial charge on any atom is 0.260 e. The number of hydrogen-bond donors (Lipinski definition) is 2. The average molecular weight is 451 g/mol. The van der Waals surface area contributed by atoms with Crippen molar-refractivity contribution in [1.29, 1.82) is 0 Å². The van der Waals surface area contributed by atoms with Gasteiger partial charge >= 0.3 is 0 Å². The van der Waals surface area contributed by atoms with Gasteiger partial charge in [0.15, 0.2) is 17.6 Å². The second-order valence-corrected chi connectivity index (χ2v) is 9.00. The van der Waals surface area contributed by atoms with Crippen molar-refractivity contribution in [2.75, 3.05) is 20.8 Å². The largest absolute Gasteiger partial charge is 0.493 e. The molecule has 0 aliphatic heterocycles. The van der Waals surface area contributed by atoms with E-state index in [0.29, 0.717) is 23.7 Å². The third-order valence-electron chi connectivity index (χ3n) is 4.40. The van der Waals surface area contributed by atoms with Crippen LogP contribution in [0.2, 0.25) is 0 Å². The summed E-state index contributed by atoms with van der Waals surface area (Å²) in [6.07, 6.45) is -0.201. The first kappa shape index (κ1) is 24.5. The summed E-state index contributed by atoms with van der Waals surface area (Å²) in [5.74, 6) is 1.39. The molecule has 0 heterocycles. The predicted molar refractivity (Wildman–Crippen MR) is 118 cm³/mol. The number of carbonyl (C=O) groups is 1. The van der Waals surface area contributed by atoms with Crippen LogP contribution < -0.4 is 24.2 Å². The van der Waals surface area contributed by atoms with Crippen molar-refractivity contribution in [3.63, 3.8) is 0 Å². The van der Waals surface area contributed by atoms with Gasteiger partial charge in [0.05, 0.1) is 19.1 Å². The van der Waals surface area contributed by atoms with Crippen molar-refractivity contribution in [3.8, 4) is 17.2 Å². The summed E-state index contributed by atoms with van der Waals surface area (Å²) in [6.45, 7) is 5.59. The van der Waals surface area contributed by atoms with Crippen LogP contribution in [0.3, 0.4) is 0 Å². The highest BCUT2D eigenvalue weighted by Gasteiger charge is 2.17. The lowest BCUT2D eigenvalue weighted by atomic mass is 10.1. The lowest BCUT2D eigenvalue weighted by Gasteiger charge is -2.16. The molecule has 0 unspecified atom stereocenters. The summed E-state index contributed by atoms with van der Waals surface area (Å²) >= 11 is 0. The number of benzene rings is 2. The fraction of sp³-hybridized carbons (Fsp3) is 0.409. The normalized spacial score (nSPS) is 12.3. The quantitative estimate of drug-likeness (QED) is 0.545. The first-order valence-corrected chi connectivity index (χ1v) is 11.4. The number of hydrogen-bond acceptors (Lipinski definition) is 6. The Morgan fingerprint density at radius 1 is 0.968 bits per heavy atom. The van der Waals surface area contributed by atoms with Crippen molar-refractivity contribution < 1.29 is 27.4 Å². The number of ether oxygens (including phenoxy) is 3. The van der Waals surface area contributed by atoms with E-state index < -0.39 is 16.1 Å². The minimum atomic E-state index is -3.68. The Bertz CT molecular complexity index is 974. The van der Waals surface area contributed by atoms with Gasteiger partial charge in [0.2, 0.25) is 10.0 Å². The molecule has 0 saturated heterocycles. The minimum Gasteiger partial charge on any atom is -0.493 e. The van der Waals surface area contributed by atoms with E-state index in [2.05, 4.69) is 10.0 Å². The van der Waals surface area contributed by atoms with Gasteiger partial charge in [-0.3, -0.25) is 4.79 Å². The van der Waals surface area contributed by atoms with Gasteiger partial charge in [0, 0.05) is 12.6 Å². The molecule has 170 valence electrons. The molecule has 2 rings (SSSR count). The van der Waals surface area contributed by atoms with E-state index in [1.807, 2.05) is 26.0 Å². The number of amides is 1. The lowest BCUT2D eigenvalue weighted by Crippen LogP contribution is -2.40. The van der Waals surface area contributed by atoms with Crippen LogP contribution >= 0.6 is 0 Å². The molecule has 0 saturated carbocycles. The van der Waals surface area contributed by atoms with Gasteiger partial charge in [-0.2, -0.15) is 0 Å². The Hall–Kier alpha value is -2.78. The molecule has 0 radical (unpaired) electrons. The van der Waals surface area contributed by atoms with E-state index in [1.165, 1.54) is 24.3 Å². The topological polar surface area (TPSA) is 103 Å². The van der Waals surface area contributed by atoms with Crippen LogP contribution in [-0.2, 0) is 21.2 Å². The van der Waals surface area contributed by atoms with Crippen molar-refractivity contribution in [2.24, 2.45) is 0 Å². The van der Waals surface area contributed by atoms with E-state index in [4.69, 9.17) is 14.2 Å². The number of nitrogens with one attached hydrogen (secondary N) is 2.